The topological polar surface area (TPSA) is 106 Å². The highest BCUT2D eigenvalue weighted by Crippen LogP contribution is 2.15. The number of amides is 1. The number of nitrogens with one attached hydrogen (secondary N) is 2. The predicted molar refractivity (Wildman–Crippen MR) is 113 cm³/mol. The molecule has 0 saturated carbocycles. The van der Waals surface area contributed by atoms with E-state index in [1.54, 1.807) is 28.9 Å². The molecule has 3 rings (SSSR count). The van der Waals surface area contributed by atoms with E-state index in [4.69, 9.17) is 0 Å². The van der Waals surface area contributed by atoms with Gasteiger partial charge in [-0.3, -0.25) is 4.79 Å². The first-order valence-electron chi connectivity index (χ1n) is 8.79. The molecule has 0 saturated heterocycles. The summed E-state index contributed by atoms with van der Waals surface area (Å²) in [5.74, 6) is 0.333. The smallest absolute Gasteiger partial charge is 0.240 e. The monoisotopic (exact) mass is 477 g/mol. The fourth-order valence-electron chi connectivity index (χ4n) is 2.67. The molecule has 2 aromatic heterocycles. The molecule has 2 heterocycles. The SMILES string of the molecule is Cc1cc(C)n(-c2ccc(NC(=O)CCNS(=O)(=O)c3ccc(Br)cc3)cn2)n1. The van der Waals surface area contributed by atoms with Gasteiger partial charge in [0.05, 0.1) is 22.5 Å². The second-order valence-electron chi connectivity index (χ2n) is 6.39. The molecule has 0 aliphatic rings. The van der Waals surface area contributed by atoms with E-state index in [-0.39, 0.29) is 23.8 Å². The summed E-state index contributed by atoms with van der Waals surface area (Å²) in [4.78, 5) is 16.6. The zero-order chi connectivity index (χ0) is 21.0. The minimum atomic E-state index is -3.66. The Balaban J connectivity index is 1.53. The molecular formula is C19H20BrN5O3S. The summed E-state index contributed by atoms with van der Waals surface area (Å²) in [7, 11) is -3.66. The summed E-state index contributed by atoms with van der Waals surface area (Å²) in [5.41, 5.74) is 2.38. The third kappa shape index (κ3) is 5.49. The fraction of sp³-hybridized carbons (Fsp3) is 0.211. The molecule has 152 valence electrons. The predicted octanol–water partition coefficient (Wildman–Crippen LogP) is 2.95. The molecule has 0 spiro atoms. The van der Waals surface area contributed by atoms with Gasteiger partial charge in [-0.2, -0.15) is 5.10 Å². The molecule has 0 bridgehead atoms. The highest BCUT2D eigenvalue weighted by Gasteiger charge is 2.14. The Bertz CT molecular complexity index is 1110. The molecule has 29 heavy (non-hydrogen) atoms. The van der Waals surface area contributed by atoms with Gasteiger partial charge >= 0.3 is 0 Å². The number of carbonyl (C=O) groups excluding carboxylic acids is 1. The van der Waals surface area contributed by atoms with E-state index in [0.717, 1.165) is 15.9 Å². The van der Waals surface area contributed by atoms with Crippen LogP contribution in [-0.2, 0) is 14.8 Å². The van der Waals surface area contributed by atoms with Crippen molar-refractivity contribution in [2.75, 3.05) is 11.9 Å². The van der Waals surface area contributed by atoms with Crippen molar-refractivity contribution < 1.29 is 13.2 Å². The Morgan fingerprint density at radius 1 is 1.14 bits per heavy atom. The normalized spacial score (nSPS) is 11.4. The van der Waals surface area contributed by atoms with Crippen LogP contribution in [-0.4, -0.2) is 35.6 Å². The van der Waals surface area contributed by atoms with E-state index >= 15 is 0 Å². The van der Waals surface area contributed by atoms with Crippen molar-refractivity contribution >= 4 is 37.5 Å². The minimum Gasteiger partial charge on any atom is -0.325 e. The van der Waals surface area contributed by atoms with Gasteiger partial charge in [0, 0.05) is 23.1 Å². The van der Waals surface area contributed by atoms with Crippen molar-refractivity contribution in [3.8, 4) is 5.82 Å². The largest absolute Gasteiger partial charge is 0.325 e. The zero-order valence-electron chi connectivity index (χ0n) is 15.9. The average molecular weight is 478 g/mol. The second-order valence-corrected chi connectivity index (χ2v) is 9.08. The van der Waals surface area contributed by atoms with Gasteiger partial charge in [0.15, 0.2) is 5.82 Å². The molecule has 10 heteroatoms. The molecular weight excluding hydrogens is 458 g/mol. The number of carbonyl (C=O) groups is 1. The van der Waals surface area contributed by atoms with Crippen molar-refractivity contribution in [2.24, 2.45) is 0 Å². The number of benzene rings is 1. The molecule has 1 aromatic carbocycles. The van der Waals surface area contributed by atoms with Crippen LogP contribution >= 0.6 is 15.9 Å². The summed E-state index contributed by atoms with van der Waals surface area (Å²) >= 11 is 3.26. The molecule has 8 nitrogen and oxygen atoms in total. The Morgan fingerprint density at radius 3 is 2.45 bits per heavy atom. The Kier molecular flexibility index (Phi) is 6.46. The summed E-state index contributed by atoms with van der Waals surface area (Å²) in [6.07, 6.45) is 1.53. The van der Waals surface area contributed by atoms with Gasteiger partial charge in [-0.05, 0) is 56.3 Å². The molecule has 2 N–H and O–H groups in total. The summed E-state index contributed by atoms with van der Waals surface area (Å²) in [6.45, 7) is 3.83. The third-order valence-electron chi connectivity index (χ3n) is 4.03. The van der Waals surface area contributed by atoms with Crippen LogP contribution in [0.3, 0.4) is 0 Å². The number of aromatic nitrogens is 3. The first kappa shape index (κ1) is 21.2. The van der Waals surface area contributed by atoms with Crippen molar-refractivity contribution in [3.63, 3.8) is 0 Å². The van der Waals surface area contributed by atoms with Crippen LogP contribution < -0.4 is 10.0 Å². The van der Waals surface area contributed by atoms with E-state index in [1.165, 1.54) is 18.3 Å². The molecule has 3 aromatic rings. The maximum atomic E-state index is 12.2. The van der Waals surface area contributed by atoms with Gasteiger partial charge in [-0.1, -0.05) is 15.9 Å². The summed E-state index contributed by atoms with van der Waals surface area (Å²) in [6, 6.07) is 11.7. The van der Waals surface area contributed by atoms with Crippen LogP contribution in [0.25, 0.3) is 5.82 Å². The highest BCUT2D eigenvalue weighted by atomic mass is 79.9. The maximum Gasteiger partial charge on any atom is 0.240 e. The van der Waals surface area contributed by atoms with Crippen LogP contribution in [0.1, 0.15) is 17.8 Å². The van der Waals surface area contributed by atoms with E-state index in [0.29, 0.717) is 11.5 Å². The Labute approximate surface area is 177 Å². The lowest BCUT2D eigenvalue weighted by atomic mass is 10.3. The fourth-order valence-corrected chi connectivity index (χ4v) is 3.96. The van der Waals surface area contributed by atoms with Crippen molar-refractivity contribution in [2.45, 2.75) is 25.2 Å². The van der Waals surface area contributed by atoms with Gasteiger partial charge in [0.2, 0.25) is 15.9 Å². The lowest BCUT2D eigenvalue weighted by Crippen LogP contribution is -2.27. The van der Waals surface area contributed by atoms with Crippen molar-refractivity contribution in [3.05, 3.63) is 64.5 Å². The van der Waals surface area contributed by atoms with Crippen LogP contribution in [0.15, 0.2) is 58.0 Å². The first-order chi connectivity index (χ1) is 13.7. The molecule has 0 aliphatic heterocycles. The van der Waals surface area contributed by atoms with Crippen LogP contribution in [0.2, 0.25) is 0 Å². The molecule has 0 fully saturated rings. The van der Waals surface area contributed by atoms with Gasteiger partial charge in [0.25, 0.3) is 0 Å². The van der Waals surface area contributed by atoms with Crippen molar-refractivity contribution in [1.82, 2.24) is 19.5 Å². The third-order valence-corrected chi connectivity index (χ3v) is 6.03. The molecule has 1 amide bonds. The molecule has 0 unspecified atom stereocenters. The standard InChI is InChI=1S/C19H20BrN5O3S/c1-13-11-14(2)25(24-13)18-8-5-16(12-21-18)23-19(26)9-10-22-29(27,28)17-6-3-15(20)4-7-17/h3-8,11-12,22H,9-10H2,1-2H3,(H,23,26). The number of hydrogen-bond donors (Lipinski definition) is 2. The second kappa shape index (κ2) is 8.85. The molecule has 0 aliphatic carbocycles. The number of aryl methyl sites for hydroxylation is 2. The average Bonchev–Trinajstić information content (AvgIpc) is 3.00. The first-order valence-corrected chi connectivity index (χ1v) is 11.1. The molecule has 0 atom stereocenters. The lowest BCUT2D eigenvalue weighted by Gasteiger charge is -2.08. The van der Waals surface area contributed by atoms with E-state index < -0.39 is 10.0 Å². The highest BCUT2D eigenvalue weighted by molar-refractivity contribution is 9.10. The van der Waals surface area contributed by atoms with Gasteiger partial charge in [-0.25, -0.2) is 22.8 Å². The number of anilines is 1. The molecule has 0 radical (unpaired) electrons. The van der Waals surface area contributed by atoms with Crippen LogP contribution in [0.4, 0.5) is 5.69 Å². The number of nitrogens with zero attached hydrogens (tertiary/aromatic N) is 3. The van der Waals surface area contributed by atoms with Crippen LogP contribution in [0.5, 0.6) is 0 Å². The number of hydrogen-bond acceptors (Lipinski definition) is 5. The van der Waals surface area contributed by atoms with Gasteiger partial charge in [0.1, 0.15) is 0 Å². The summed E-state index contributed by atoms with van der Waals surface area (Å²) < 4.78 is 29.3. The van der Waals surface area contributed by atoms with Gasteiger partial charge < -0.3 is 5.32 Å². The quantitative estimate of drug-likeness (QED) is 0.543. The summed E-state index contributed by atoms with van der Waals surface area (Å²) in [5, 5.41) is 7.07. The Morgan fingerprint density at radius 2 is 1.86 bits per heavy atom. The van der Waals surface area contributed by atoms with Gasteiger partial charge in [-0.15, -0.1) is 0 Å². The van der Waals surface area contributed by atoms with E-state index in [9.17, 15) is 13.2 Å². The minimum absolute atomic E-state index is 0.00499. The number of rotatable bonds is 7. The van der Waals surface area contributed by atoms with E-state index in [2.05, 4.69) is 36.1 Å². The van der Waals surface area contributed by atoms with Crippen molar-refractivity contribution in [1.29, 1.82) is 0 Å². The Hall–Kier alpha value is -2.56. The number of sulfonamides is 1. The number of pyridine rings is 1. The van der Waals surface area contributed by atoms with Crippen LogP contribution in [0, 0.1) is 13.8 Å². The maximum absolute atomic E-state index is 12.2. The van der Waals surface area contributed by atoms with E-state index in [1.807, 2.05) is 19.9 Å². The zero-order valence-corrected chi connectivity index (χ0v) is 18.3. The lowest BCUT2D eigenvalue weighted by molar-refractivity contribution is -0.116. The number of halogens is 1.